The van der Waals surface area contributed by atoms with E-state index in [-0.39, 0.29) is 10.5 Å². The largest absolute Gasteiger partial charge is 0.478 e. The van der Waals surface area contributed by atoms with Crippen molar-refractivity contribution >= 4 is 46.0 Å². The molecule has 2 N–H and O–H groups in total. The Balaban J connectivity index is 2.94. The summed E-state index contributed by atoms with van der Waals surface area (Å²) in [7, 11) is 0. The summed E-state index contributed by atoms with van der Waals surface area (Å²) in [6.45, 7) is 0. The van der Waals surface area contributed by atoms with Crippen molar-refractivity contribution in [2.24, 2.45) is 0 Å². The van der Waals surface area contributed by atoms with E-state index in [1.807, 2.05) is 0 Å². The van der Waals surface area contributed by atoms with Gasteiger partial charge in [-0.2, -0.15) is 0 Å². The SMILES string of the molecule is O=C(O)c1nc2cc(Cl)ccc2c(Cl)c1C(=O)O. The fraction of sp³-hybridized carbons (Fsp3) is 0. The van der Waals surface area contributed by atoms with E-state index in [0.29, 0.717) is 10.4 Å². The quantitative estimate of drug-likeness (QED) is 0.886. The maximum absolute atomic E-state index is 11.0. The molecule has 0 saturated heterocycles. The minimum atomic E-state index is -1.46. The van der Waals surface area contributed by atoms with Gasteiger partial charge in [0.25, 0.3) is 0 Å². The van der Waals surface area contributed by atoms with Crippen LogP contribution >= 0.6 is 23.2 Å². The van der Waals surface area contributed by atoms with Crippen LogP contribution in [0.25, 0.3) is 10.9 Å². The minimum absolute atomic E-state index is 0.165. The van der Waals surface area contributed by atoms with E-state index in [4.69, 9.17) is 33.4 Å². The smallest absolute Gasteiger partial charge is 0.355 e. The molecule has 5 nitrogen and oxygen atoms in total. The lowest BCUT2D eigenvalue weighted by Crippen LogP contribution is -2.11. The van der Waals surface area contributed by atoms with Crippen LogP contribution in [0.3, 0.4) is 0 Å². The van der Waals surface area contributed by atoms with Crippen LogP contribution in [0.15, 0.2) is 18.2 Å². The van der Waals surface area contributed by atoms with Gasteiger partial charge < -0.3 is 10.2 Å². The van der Waals surface area contributed by atoms with Gasteiger partial charge in [-0.05, 0) is 18.2 Å². The summed E-state index contributed by atoms with van der Waals surface area (Å²) in [5, 5.41) is 18.5. The maximum Gasteiger partial charge on any atom is 0.355 e. The van der Waals surface area contributed by atoms with Crippen LogP contribution in [-0.2, 0) is 0 Å². The van der Waals surface area contributed by atoms with Crippen molar-refractivity contribution < 1.29 is 19.8 Å². The maximum atomic E-state index is 11.0. The Morgan fingerprint density at radius 3 is 2.33 bits per heavy atom. The van der Waals surface area contributed by atoms with E-state index in [2.05, 4.69) is 4.98 Å². The second kappa shape index (κ2) is 4.44. The van der Waals surface area contributed by atoms with Gasteiger partial charge in [0.15, 0.2) is 5.69 Å². The summed E-state index contributed by atoms with van der Waals surface area (Å²) in [6, 6.07) is 4.43. The first-order valence-electron chi connectivity index (χ1n) is 4.67. The van der Waals surface area contributed by atoms with E-state index in [1.54, 1.807) is 0 Å². The molecule has 18 heavy (non-hydrogen) atoms. The normalized spacial score (nSPS) is 10.6. The molecule has 0 atom stereocenters. The van der Waals surface area contributed by atoms with Gasteiger partial charge in [0.1, 0.15) is 5.56 Å². The number of carboxylic acids is 2. The highest BCUT2D eigenvalue weighted by molar-refractivity contribution is 6.39. The van der Waals surface area contributed by atoms with Crippen molar-refractivity contribution in [1.82, 2.24) is 4.98 Å². The van der Waals surface area contributed by atoms with Crippen LogP contribution in [0.2, 0.25) is 10.0 Å². The second-order valence-corrected chi connectivity index (χ2v) is 4.24. The number of hydrogen-bond acceptors (Lipinski definition) is 3. The van der Waals surface area contributed by atoms with Crippen LogP contribution in [0.4, 0.5) is 0 Å². The summed E-state index contributed by atoms with van der Waals surface area (Å²) in [5.74, 6) is -2.90. The number of hydrogen-bond donors (Lipinski definition) is 2. The predicted molar refractivity (Wildman–Crippen MR) is 65.7 cm³/mol. The molecule has 0 aliphatic rings. The topological polar surface area (TPSA) is 87.5 Å². The molecule has 0 bridgehead atoms. The van der Waals surface area contributed by atoms with Crippen LogP contribution in [0.5, 0.6) is 0 Å². The van der Waals surface area contributed by atoms with Gasteiger partial charge in [-0.1, -0.05) is 23.2 Å². The molecule has 0 unspecified atom stereocenters. The summed E-state index contributed by atoms with van der Waals surface area (Å²) < 4.78 is 0. The lowest BCUT2D eigenvalue weighted by molar-refractivity contribution is 0.0647. The third-order valence-corrected chi connectivity index (χ3v) is 2.93. The lowest BCUT2D eigenvalue weighted by Gasteiger charge is -2.07. The first kappa shape index (κ1) is 12.6. The molecular weight excluding hydrogens is 281 g/mol. The van der Waals surface area contributed by atoms with E-state index >= 15 is 0 Å². The number of pyridine rings is 1. The number of carbonyl (C=O) groups is 2. The third-order valence-electron chi connectivity index (χ3n) is 2.30. The standard InChI is InChI=1S/C11H5Cl2NO4/c12-4-1-2-5-6(3-4)14-9(11(17)18)7(8(5)13)10(15)16/h1-3H,(H,15,16)(H,17,18). The summed E-state index contributed by atoms with van der Waals surface area (Å²) >= 11 is 11.7. The molecule has 1 aromatic heterocycles. The molecule has 92 valence electrons. The molecule has 0 aliphatic heterocycles. The lowest BCUT2D eigenvalue weighted by atomic mass is 10.1. The molecular formula is C11H5Cl2NO4. The average molecular weight is 286 g/mol. The molecule has 0 saturated carbocycles. The Hall–Kier alpha value is -1.85. The van der Waals surface area contributed by atoms with Gasteiger partial charge in [0.2, 0.25) is 0 Å². The number of halogens is 2. The molecule has 2 aromatic rings. The first-order valence-corrected chi connectivity index (χ1v) is 5.42. The van der Waals surface area contributed by atoms with Crippen molar-refractivity contribution in [1.29, 1.82) is 0 Å². The van der Waals surface area contributed by atoms with Gasteiger partial charge in [0, 0.05) is 10.4 Å². The molecule has 1 heterocycles. The van der Waals surface area contributed by atoms with Crippen molar-refractivity contribution in [3.05, 3.63) is 39.5 Å². The highest BCUT2D eigenvalue weighted by Gasteiger charge is 2.23. The fourth-order valence-corrected chi connectivity index (χ4v) is 2.04. The first-order chi connectivity index (χ1) is 8.41. The highest BCUT2D eigenvalue weighted by atomic mass is 35.5. The minimum Gasteiger partial charge on any atom is -0.478 e. The summed E-state index contributed by atoms with van der Waals surface area (Å²) in [4.78, 5) is 25.8. The number of rotatable bonds is 2. The molecule has 0 fully saturated rings. The number of aromatic carboxylic acids is 2. The Bertz CT molecular complexity index is 684. The Morgan fingerprint density at radius 2 is 1.78 bits per heavy atom. The molecule has 0 spiro atoms. The predicted octanol–water partition coefficient (Wildman–Crippen LogP) is 2.94. The molecule has 7 heteroatoms. The highest BCUT2D eigenvalue weighted by Crippen LogP contribution is 2.30. The van der Waals surface area contributed by atoms with Crippen LogP contribution in [0.1, 0.15) is 20.8 Å². The zero-order valence-corrected chi connectivity index (χ0v) is 10.2. The fourth-order valence-electron chi connectivity index (χ4n) is 1.55. The Kier molecular flexibility index (Phi) is 3.11. The van der Waals surface area contributed by atoms with Crippen LogP contribution in [-0.4, -0.2) is 27.1 Å². The average Bonchev–Trinajstić information content (AvgIpc) is 2.27. The third kappa shape index (κ3) is 1.98. The number of fused-ring (bicyclic) bond motifs is 1. The Morgan fingerprint density at radius 1 is 1.11 bits per heavy atom. The van der Waals surface area contributed by atoms with Crippen molar-refractivity contribution in [2.45, 2.75) is 0 Å². The number of benzene rings is 1. The van der Waals surface area contributed by atoms with Gasteiger partial charge in [-0.25, -0.2) is 14.6 Å². The monoisotopic (exact) mass is 285 g/mol. The van der Waals surface area contributed by atoms with Gasteiger partial charge in [0.05, 0.1) is 10.5 Å². The van der Waals surface area contributed by atoms with Crippen molar-refractivity contribution in [2.75, 3.05) is 0 Å². The number of aromatic nitrogens is 1. The van der Waals surface area contributed by atoms with E-state index in [1.165, 1.54) is 18.2 Å². The summed E-state index contributed by atoms with van der Waals surface area (Å²) in [5.41, 5.74) is -0.906. The molecule has 1 aromatic carbocycles. The van der Waals surface area contributed by atoms with Crippen molar-refractivity contribution in [3.8, 4) is 0 Å². The van der Waals surface area contributed by atoms with Crippen LogP contribution in [0, 0.1) is 0 Å². The summed E-state index contributed by atoms with van der Waals surface area (Å²) in [6.07, 6.45) is 0. The Labute approximate surface area is 111 Å². The zero-order valence-electron chi connectivity index (χ0n) is 8.65. The van der Waals surface area contributed by atoms with E-state index in [0.717, 1.165) is 0 Å². The molecule has 0 amide bonds. The van der Waals surface area contributed by atoms with Crippen LogP contribution < -0.4 is 0 Å². The van der Waals surface area contributed by atoms with Crippen molar-refractivity contribution in [3.63, 3.8) is 0 Å². The number of nitrogens with zero attached hydrogens (tertiary/aromatic N) is 1. The van der Waals surface area contributed by atoms with Gasteiger partial charge >= 0.3 is 11.9 Å². The zero-order chi connectivity index (χ0) is 13.4. The van der Waals surface area contributed by atoms with E-state index < -0.39 is 23.2 Å². The molecule has 0 radical (unpaired) electrons. The molecule has 0 aliphatic carbocycles. The van der Waals surface area contributed by atoms with Gasteiger partial charge in [-0.15, -0.1) is 0 Å². The van der Waals surface area contributed by atoms with E-state index in [9.17, 15) is 9.59 Å². The second-order valence-electron chi connectivity index (χ2n) is 3.42. The van der Waals surface area contributed by atoms with Gasteiger partial charge in [-0.3, -0.25) is 0 Å². The number of carboxylic acid groups (broad SMARTS) is 2. The molecule has 2 rings (SSSR count).